The molecule has 0 radical (unpaired) electrons. The molecule has 0 spiro atoms. The molecule has 0 aromatic rings. The summed E-state index contributed by atoms with van der Waals surface area (Å²) in [5, 5.41) is 3.05. The van der Waals surface area contributed by atoms with E-state index in [1.807, 2.05) is 12.2 Å². The Bertz CT molecular complexity index is 332. The fourth-order valence-corrected chi connectivity index (χ4v) is 2.45. The van der Waals surface area contributed by atoms with Crippen LogP contribution in [0.5, 0.6) is 0 Å². The van der Waals surface area contributed by atoms with Gasteiger partial charge in [-0.05, 0) is 6.42 Å². The summed E-state index contributed by atoms with van der Waals surface area (Å²) in [6, 6.07) is 0. The summed E-state index contributed by atoms with van der Waals surface area (Å²) < 4.78 is 29.3. The van der Waals surface area contributed by atoms with Gasteiger partial charge in [0.15, 0.2) is 0 Å². The molecule has 0 amide bonds. The maximum absolute atomic E-state index is 10.4. The maximum atomic E-state index is 10.4. The zero-order valence-corrected chi connectivity index (χ0v) is 15.0. The van der Waals surface area contributed by atoms with E-state index in [0.717, 1.165) is 25.9 Å². The Morgan fingerprint density at radius 1 is 0.864 bits per heavy atom. The van der Waals surface area contributed by atoms with Gasteiger partial charge in [0.1, 0.15) is 0 Å². The van der Waals surface area contributed by atoms with Crippen LogP contribution < -0.4 is 5.32 Å². The van der Waals surface area contributed by atoms with Gasteiger partial charge in [0.25, 0.3) is 10.1 Å². The lowest BCUT2D eigenvalue weighted by atomic mass is 10.1. The van der Waals surface area contributed by atoms with E-state index in [9.17, 15) is 8.42 Å². The fraction of sp³-hybridized carbons (Fsp3) is 0.765. The first kappa shape index (κ1) is 23.6. The van der Waals surface area contributed by atoms with Crippen LogP contribution in [0.25, 0.3) is 0 Å². The summed E-state index contributed by atoms with van der Waals surface area (Å²) in [5.74, 6) is -0.0805. The van der Waals surface area contributed by atoms with Crippen molar-refractivity contribution in [3.8, 4) is 0 Å². The SMILES string of the molecule is C=CCNCC=C.CCCCCCCCCCCS(=O)(=O)O. The Balaban J connectivity index is 0. The van der Waals surface area contributed by atoms with Gasteiger partial charge in [0.2, 0.25) is 0 Å². The van der Waals surface area contributed by atoms with Gasteiger partial charge in [0, 0.05) is 13.1 Å². The Morgan fingerprint density at radius 3 is 1.64 bits per heavy atom. The normalized spacial score (nSPS) is 10.6. The molecule has 0 rings (SSSR count). The van der Waals surface area contributed by atoms with Crippen molar-refractivity contribution in [1.29, 1.82) is 0 Å². The minimum Gasteiger partial charge on any atom is -0.310 e. The van der Waals surface area contributed by atoms with Crippen LogP contribution >= 0.6 is 0 Å². The van der Waals surface area contributed by atoms with E-state index in [4.69, 9.17) is 4.55 Å². The first-order valence-electron chi connectivity index (χ1n) is 8.35. The molecule has 0 aliphatic rings. The van der Waals surface area contributed by atoms with Crippen molar-refractivity contribution >= 4 is 10.1 Å². The lowest BCUT2D eigenvalue weighted by molar-refractivity contribution is 0.478. The second-order valence-electron chi connectivity index (χ2n) is 5.35. The van der Waals surface area contributed by atoms with E-state index in [2.05, 4.69) is 25.4 Å². The van der Waals surface area contributed by atoms with E-state index in [0.29, 0.717) is 6.42 Å². The Hall–Kier alpha value is -0.650. The average molecular weight is 334 g/mol. The predicted octanol–water partition coefficient (Wildman–Crippen LogP) is 4.35. The molecular formula is C17H35NO3S. The van der Waals surface area contributed by atoms with Gasteiger partial charge in [-0.25, -0.2) is 0 Å². The monoisotopic (exact) mass is 333 g/mol. The van der Waals surface area contributed by atoms with E-state index < -0.39 is 10.1 Å². The molecule has 0 saturated heterocycles. The molecule has 0 unspecified atom stereocenters. The van der Waals surface area contributed by atoms with Gasteiger partial charge < -0.3 is 5.32 Å². The van der Waals surface area contributed by atoms with E-state index in [1.165, 1.54) is 38.5 Å². The molecule has 0 atom stereocenters. The first-order valence-corrected chi connectivity index (χ1v) is 9.96. The number of rotatable bonds is 14. The van der Waals surface area contributed by atoms with E-state index in [1.54, 1.807) is 0 Å². The molecule has 132 valence electrons. The fourth-order valence-electron chi connectivity index (χ4n) is 1.88. The van der Waals surface area contributed by atoms with Gasteiger partial charge in [-0.1, -0.05) is 70.4 Å². The summed E-state index contributed by atoms with van der Waals surface area (Å²) in [6.45, 7) is 11.0. The van der Waals surface area contributed by atoms with Crippen molar-refractivity contribution in [2.45, 2.75) is 64.7 Å². The molecule has 0 aliphatic heterocycles. The molecule has 0 aromatic carbocycles. The number of unbranched alkanes of at least 4 members (excludes halogenated alkanes) is 8. The first-order chi connectivity index (χ1) is 10.5. The zero-order chi connectivity index (χ0) is 17.1. The molecule has 0 aliphatic carbocycles. The highest BCUT2D eigenvalue weighted by atomic mass is 32.2. The van der Waals surface area contributed by atoms with Crippen LogP contribution in [-0.4, -0.2) is 31.8 Å². The number of hydrogen-bond acceptors (Lipinski definition) is 3. The summed E-state index contributed by atoms with van der Waals surface area (Å²) in [6.07, 6.45) is 13.9. The van der Waals surface area contributed by atoms with Crippen LogP contribution in [0, 0.1) is 0 Å². The molecule has 0 bridgehead atoms. The highest BCUT2D eigenvalue weighted by molar-refractivity contribution is 7.85. The van der Waals surface area contributed by atoms with Crippen molar-refractivity contribution in [3.63, 3.8) is 0 Å². The minimum atomic E-state index is -3.73. The van der Waals surface area contributed by atoms with Crippen molar-refractivity contribution in [1.82, 2.24) is 5.32 Å². The van der Waals surface area contributed by atoms with Gasteiger partial charge in [0.05, 0.1) is 5.75 Å². The van der Waals surface area contributed by atoms with Crippen LogP contribution in [-0.2, 0) is 10.1 Å². The van der Waals surface area contributed by atoms with E-state index >= 15 is 0 Å². The topological polar surface area (TPSA) is 66.4 Å². The molecule has 0 saturated carbocycles. The van der Waals surface area contributed by atoms with Gasteiger partial charge >= 0.3 is 0 Å². The number of nitrogens with one attached hydrogen (secondary N) is 1. The highest BCUT2D eigenvalue weighted by Crippen LogP contribution is 2.09. The molecule has 0 aromatic heterocycles. The van der Waals surface area contributed by atoms with Crippen LogP contribution in [0.3, 0.4) is 0 Å². The lowest BCUT2D eigenvalue weighted by Crippen LogP contribution is -2.11. The molecule has 0 heterocycles. The van der Waals surface area contributed by atoms with Crippen molar-refractivity contribution in [3.05, 3.63) is 25.3 Å². The summed E-state index contributed by atoms with van der Waals surface area (Å²) in [4.78, 5) is 0. The summed E-state index contributed by atoms with van der Waals surface area (Å²) in [5.41, 5.74) is 0. The Labute approximate surface area is 137 Å². The average Bonchev–Trinajstić information content (AvgIpc) is 2.46. The van der Waals surface area contributed by atoms with E-state index in [-0.39, 0.29) is 5.75 Å². The van der Waals surface area contributed by atoms with Crippen LogP contribution in [0.15, 0.2) is 25.3 Å². The van der Waals surface area contributed by atoms with Crippen molar-refractivity contribution in [2.24, 2.45) is 0 Å². The molecule has 0 fully saturated rings. The van der Waals surface area contributed by atoms with Gasteiger partial charge in [-0.2, -0.15) is 8.42 Å². The van der Waals surface area contributed by atoms with Crippen LogP contribution in [0.2, 0.25) is 0 Å². The largest absolute Gasteiger partial charge is 0.310 e. The Kier molecular flexibility index (Phi) is 19.7. The zero-order valence-electron chi connectivity index (χ0n) is 14.2. The molecular weight excluding hydrogens is 298 g/mol. The highest BCUT2D eigenvalue weighted by Gasteiger charge is 2.02. The quantitative estimate of drug-likeness (QED) is 0.282. The lowest BCUT2D eigenvalue weighted by Gasteiger charge is -2.00. The van der Waals surface area contributed by atoms with Crippen LogP contribution in [0.1, 0.15) is 64.7 Å². The van der Waals surface area contributed by atoms with Crippen molar-refractivity contribution < 1.29 is 13.0 Å². The van der Waals surface area contributed by atoms with Crippen molar-refractivity contribution in [2.75, 3.05) is 18.8 Å². The smallest absolute Gasteiger partial charge is 0.264 e. The Morgan fingerprint density at radius 2 is 1.27 bits per heavy atom. The molecule has 4 nitrogen and oxygen atoms in total. The number of hydrogen-bond donors (Lipinski definition) is 2. The third-order valence-electron chi connectivity index (χ3n) is 3.08. The second-order valence-corrected chi connectivity index (χ2v) is 6.92. The third-order valence-corrected chi connectivity index (χ3v) is 3.89. The molecule has 22 heavy (non-hydrogen) atoms. The summed E-state index contributed by atoms with van der Waals surface area (Å²) >= 11 is 0. The summed E-state index contributed by atoms with van der Waals surface area (Å²) in [7, 11) is -3.73. The molecule has 2 N–H and O–H groups in total. The predicted molar refractivity (Wildman–Crippen MR) is 96.9 cm³/mol. The van der Waals surface area contributed by atoms with Gasteiger partial charge in [-0.15, -0.1) is 13.2 Å². The standard InChI is InChI=1S/C11H24O3S.C6H11N/c1-2-3-4-5-6-7-8-9-10-11-15(12,13)14;1-3-5-7-6-4-2/h2-11H2,1H3,(H,12,13,14);3-4,7H,1-2,5-6H2. The third kappa shape index (κ3) is 27.7. The van der Waals surface area contributed by atoms with Crippen LogP contribution in [0.4, 0.5) is 0 Å². The van der Waals surface area contributed by atoms with Gasteiger partial charge in [-0.3, -0.25) is 4.55 Å². The molecule has 5 heteroatoms. The second kappa shape index (κ2) is 18.4. The maximum Gasteiger partial charge on any atom is 0.264 e. The minimum absolute atomic E-state index is 0.0805.